The summed E-state index contributed by atoms with van der Waals surface area (Å²) in [6.45, 7) is 1.64. The first-order chi connectivity index (χ1) is 13.8. The van der Waals surface area contributed by atoms with Crippen molar-refractivity contribution in [1.82, 2.24) is 10.2 Å². The lowest BCUT2D eigenvalue weighted by atomic mass is 10.00. The highest BCUT2D eigenvalue weighted by molar-refractivity contribution is 7.90. The van der Waals surface area contributed by atoms with Crippen molar-refractivity contribution in [1.29, 1.82) is 0 Å². The molecule has 29 heavy (non-hydrogen) atoms. The van der Waals surface area contributed by atoms with E-state index in [1.54, 1.807) is 43.5 Å². The standard InChI is InChI=1S/C21H20Cl2N2O3S/c1-2-29(27,28)13-15-5-3-14(4-6-15)7-10-20(26)21-18(12-24-25-21)17-9-8-16(22)11-19(17)23/h3-6,8-9,11-12H,2,7,10,13H2,1H3,(H,24,25). The Balaban J connectivity index is 1.69. The van der Waals surface area contributed by atoms with Crippen LogP contribution in [0.3, 0.4) is 0 Å². The Bertz CT molecular complexity index is 1120. The summed E-state index contributed by atoms with van der Waals surface area (Å²) in [7, 11) is -3.06. The van der Waals surface area contributed by atoms with Crippen LogP contribution in [-0.4, -0.2) is 30.2 Å². The Morgan fingerprint density at radius 3 is 2.38 bits per heavy atom. The largest absolute Gasteiger partial charge is 0.292 e. The van der Waals surface area contributed by atoms with E-state index in [0.717, 1.165) is 11.1 Å². The second-order valence-corrected chi connectivity index (χ2v) is 9.90. The molecule has 0 unspecified atom stereocenters. The molecule has 1 N–H and O–H groups in total. The van der Waals surface area contributed by atoms with Crippen LogP contribution in [0.25, 0.3) is 11.1 Å². The second-order valence-electron chi connectivity index (χ2n) is 6.70. The molecule has 0 aliphatic carbocycles. The number of nitrogens with zero attached hydrogens (tertiary/aromatic N) is 1. The topological polar surface area (TPSA) is 79.9 Å². The fourth-order valence-corrected chi connectivity index (χ4v) is 4.37. The molecule has 0 bridgehead atoms. The Hall–Kier alpha value is -2.15. The van der Waals surface area contributed by atoms with Crippen molar-refractivity contribution in [2.75, 3.05) is 5.75 Å². The van der Waals surface area contributed by atoms with Crippen LogP contribution in [-0.2, 0) is 22.0 Å². The first-order valence-corrected chi connectivity index (χ1v) is 11.7. The molecule has 152 valence electrons. The molecule has 0 amide bonds. The Kier molecular flexibility index (Phi) is 6.77. The van der Waals surface area contributed by atoms with Crippen molar-refractivity contribution in [3.8, 4) is 11.1 Å². The van der Waals surface area contributed by atoms with E-state index in [9.17, 15) is 13.2 Å². The molecular formula is C21H20Cl2N2O3S. The molecule has 0 fully saturated rings. The summed E-state index contributed by atoms with van der Waals surface area (Å²) in [4.78, 5) is 12.7. The fourth-order valence-electron chi connectivity index (χ4n) is 2.95. The molecule has 0 spiro atoms. The summed E-state index contributed by atoms with van der Waals surface area (Å²) in [5.74, 6) is 0.0660. The number of aromatic nitrogens is 2. The minimum Gasteiger partial charge on any atom is -0.292 e. The van der Waals surface area contributed by atoms with Crippen LogP contribution < -0.4 is 0 Å². The molecule has 0 radical (unpaired) electrons. The van der Waals surface area contributed by atoms with Crippen LogP contribution >= 0.6 is 23.2 Å². The Morgan fingerprint density at radius 2 is 1.72 bits per heavy atom. The quantitative estimate of drug-likeness (QED) is 0.482. The summed E-state index contributed by atoms with van der Waals surface area (Å²) in [5.41, 5.74) is 3.43. The van der Waals surface area contributed by atoms with Gasteiger partial charge in [0.05, 0.1) is 17.0 Å². The smallest absolute Gasteiger partial charge is 0.181 e. The minimum atomic E-state index is -3.06. The van der Waals surface area contributed by atoms with E-state index < -0.39 is 9.84 Å². The number of H-pyrrole nitrogens is 1. The molecule has 3 aromatic rings. The number of nitrogens with one attached hydrogen (secondary N) is 1. The summed E-state index contributed by atoms with van der Waals surface area (Å²) in [6, 6.07) is 12.4. The van der Waals surface area contributed by atoms with Crippen molar-refractivity contribution in [2.45, 2.75) is 25.5 Å². The van der Waals surface area contributed by atoms with E-state index in [2.05, 4.69) is 10.2 Å². The normalized spacial score (nSPS) is 11.6. The molecule has 1 heterocycles. The third-order valence-corrected chi connectivity index (χ3v) is 6.83. The van der Waals surface area contributed by atoms with Crippen LogP contribution in [0.15, 0.2) is 48.7 Å². The van der Waals surface area contributed by atoms with Crippen molar-refractivity contribution in [3.63, 3.8) is 0 Å². The van der Waals surface area contributed by atoms with Gasteiger partial charge in [0.15, 0.2) is 15.6 Å². The molecule has 5 nitrogen and oxygen atoms in total. The lowest BCUT2D eigenvalue weighted by Gasteiger charge is -2.07. The first kappa shape index (κ1) is 21.6. The van der Waals surface area contributed by atoms with E-state index in [0.29, 0.717) is 33.3 Å². The number of aryl methyl sites for hydroxylation is 1. The highest BCUT2D eigenvalue weighted by Crippen LogP contribution is 2.32. The van der Waals surface area contributed by atoms with Gasteiger partial charge in [0.2, 0.25) is 0 Å². The highest BCUT2D eigenvalue weighted by Gasteiger charge is 2.17. The summed E-state index contributed by atoms with van der Waals surface area (Å²) in [6.07, 6.45) is 2.39. The minimum absolute atomic E-state index is 0.0298. The zero-order chi connectivity index (χ0) is 21.0. The van der Waals surface area contributed by atoms with Gasteiger partial charge in [0.1, 0.15) is 5.69 Å². The number of benzene rings is 2. The van der Waals surface area contributed by atoms with Crippen molar-refractivity contribution in [3.05, 3.63) is 75.5 Å². The number of aromatic amines is 1. The highest BCUT2D eigenvalue weighted by atomic mass is 35.5. The van der Waals surface area contributed by atoms with E-state index in [-0.39, 0.29) is 23.7 Å². The number of sulfone groups is 1. The third-order valence-electron chi connectivity index (χ3n) is 4.63. The molecule has 0 aliphatic rings. The lowest BCUT2D eigenvalue weighted by molar-refractivity contribution is 0.0978. The average molecular weight is 451 g/mol. The monoisotopic (exact) mass is 450 g/mol. The first-order valence-electron chi connectivity index (χ1n) is 9.09. The van der Waals surface area contributed by atoms with Crippen LogP contribution in [0.4, 0.5) is 0 Å². The molecule has 0 saturated heterocycles. The van der Waals surface area contributed by atoms with Gasteiger partial charge in [0, 0.05) is 28.3 Å². The maximum Gasteiger partial charge on any atom is 0.181 e. The van der Waals surface area contributed by atoms with Crippen LogP contribution in [0.2, 0.25) is 10.0 Å². The molecule has 0 atom stereocenters. The third kappa shape index (κ3) is 5.47. The maximum atomic E-state index is 12.7. The average Bonchev–Trinajstić information content (AvgIpc) is 3.16. The molecule has 1 aromatic heterocycles. The van der Waals surface area contributed by atoms with Gasteiger partial charge in [-0.1, -0.05) is 60.5 Å². The SMILES string of the molecule is CCS(=O)(=O)Cc1ccc(CCC(=O)c2[nH]ncc2-c2ccc(Cl)cc2Cl)cc1. The Labute approximate surface area is 180 Å². The van der Waals surface area contributed by atoms with Crippen molar-refractivity contribution in [2.24, 2.45) is 0 Å². The number of Topliss-reactive ketones (excluding diaryl/α,β-unsaturated/α-hetero) is 1. The van der Waals surface area contributed by atoms with Gasteiger partial charge in [-0.15, -0.1) is 0 Å². The van der Waals surface area contributed by atoms with Crippen LogP contribution in [0, 0.1) is 0 Å². The molecule has 3 rings (SSSR count). The Morgan fingerprint density at radius 1 is 1.03 bits per heavy atom. The van der Waals surface area contributed by atoms with Crippen molar-refractivity contribution >= 4 is 38.8 Å². The van der Waals surface area contributed by atoms with Crippen LogP contribution in [0.5, 0.6) is 0 Å². The number of hydrogen-bond donors (Lipinski definition) is 1. The number of carbonyl (C=O) groups is 1. The summed E-state index contributed by atoms with van der Waals surface area (Å²) in [5, 5.41) is 7.73. The molecule has 8 heteroatoms. The van der Waals surface area contributed by atoms with Gasteiger partial charge in [0.25, 0.3) is 0 Å². The van der Waals surface area contributed by atoms with Gasteiger partial charge in [-0.2, -0.15) is 5.10 Å². The number of carbonyl (C=O) groups excluding carboxylic acids is 1. The maximum absolute atomic E-state index is 12.7. The summed E-state index contributed by atoms with van der Waals surface area (Å²) < 4.78 is 23.4. The zero-order valence-electron chi connectivity index (χ0n) is 15.8. The number of hydrogen-bond acceptors (Lipinski definition) is 4. The number of rotatable bonds is 8. The molecule has 0 aliphatic heterocycles. The lowest BCUT2D eigenvalue weighted by Crippen LogP contribution is -2.07. The molecule has 0 saturated carbocycles. The fraction of sp³-hybridized carbons (Fsp3) is 0.238. The predicted molar refractivity (Wildman–Crippen MR) is 116 cm³/mol. The van der Waals surface area contributed by atoms with Gasteiger partial charge >= 0.3 is 0 Å². The number of halogens is 2. The number of ketones is 1. The van der Waals surface area contributed by atoms with E-state index in [4.69, 9.17) is 23.2 Å². The van der Waals surface area contributed by atoms with Gasteiger partial charge in [-0.25, -0.2) is 8.42 Å². The van der Waals surface area contributed by atoms with E-state index >= 15 is 0 Å². The van der Waals surface area contributed by atoms with Gasteiger partial charge in [-0.05, 0) is 29.7 Å². The zero-order valence-corrected chi connectivity index (χ0v) is 18.1. The van der Waals surface area contributed by atoms with Crippen molar-refractivity contribution < 1.29 is 13.2 Å². The van der Waals surface area contributed by atoms with Crippen LogP contribution in [0.1, 0.15) is 35.0 Å². The van der Waals surface area contributed by atoms with Gasteiger partial charge < -0.3 is 0 Å². The van der Waals surface area contributed by atoms with E-state index in [1.165, 1.54) is 0 Å². The second kappa shape index (κ2) is 9.11. The molecular weight excluding hydrogens is 431 g/mol. The predicted octanol–water partition coefficient (Wildman–Crippen LogP) is 5.13. The van der Waals surface area contributed by atoms with Gasteiger partial charge in [-0.3, -0.25) is 9.89 Å². The summed E-state index contributed by atoms with van der Waals surface area (Å²) >= 11 is 12.2. The van der Waals surface area contributed by atoms with E-state index in [1.807, 2.05) is 12.1 Å². The molecule has 2 aromatic carbocycles.